The SMILES string of the molecule is O=C(CCc1nc(-c2ccsc2)no1)N1CCN(c2ncnc3sccc23)CC1. The van der Waals surface area contributed by atoms with Gasteiger partial charge in [-0.15, -0.1) is 11.3 Å². The first-order valence-electron chi connectivity index (χ1n) is 9.34. The number of thiophene rings is 2. The molecule has 0 saturated carbocycles. The molecule has 1 amide bonds. The Morgan fingerprint density at radius 2 is 2.03 bits per heavy atom. The second-order valence-corrected chi connectivity index (χ2v) is 8.40. The van der Waals surface area contributed by atoms with E-state index in [4.69, 9.17) is 4.52 Å². The molecule has 1 fully saturated rings. The van der Waals surface area contributed by atoms with Crippen LogP contribution in [0.2, 0.25) is 0 Å². The molecule has 0 radical (unpaired) electrons. The van der Waals surface area contributed by atoms with Crippen LogP contribution < -0.4 is 4.90 Å². The molecule has 0 unspecified atom stereocenters. The van der Waals surface area contributed by atoms with Crippen molar-refractivity contribution in [3.05, 3.63) is 40.5 Å². The molecule has 4 aromatic rings. The fraction of sp³-hybridized carbons (Fsp3) is 0.316. The van der Waals surface area contributed by atoms with Gasteiger partial charge in [-0.05, 0) is 22.9 Å². The Hall–Kier alpha value is -2.85. The molecule has 1 aliphatic rings. The molecule has 29 heavy (non-hydrogen) atoms. The van der Waals surface area contributed by atoms with Crippen LogP contribution in [0.25, 0.3) is 21.6 Å². The molecule has 0 aliphatic carbocycles. The summed E-state index contributed by atoms with van der Waals surface area (Å²) >= 11 is 3.20. The highest BCUT2D eigenvalue weighted by Gasteiger charge is 2.23. The van der Waals surface area contributed by atoms with Gasteiger partial charge in [-0.2, -0.15) is 16.3 Å². The molecular weight excluding hydrogens is 408 g/mol. The van der Waals surface area contributed by atoms with E-state index in [2.05, 4.69) is 31.1 Å². The number of fused-ring (bicyclic) bond motifs is 1. The van der Waals surface area contributed by atoms with Crippen LogP contribution in [0.5, 0.6) is 0 Å². The second kappa shape index (κ2) is 7.88. The number of hydrogen-bond acceptors (Lipinski definition) is 9. The summed E-state index contributed by atoms with van der Waals surface area (Å²) in [4.78, 5) is 30.9. The van der Waals surface area contributed by atoms with Crippen molar-refractivity contribution in [3.63, 3.8) is 0 Å². The van der Waals surface area contributed by atoms with Gasteiger partial charge < -0.3 is 14.3 Å². The molecule has 1 saturated heterocycles. The van der Waals surface area contributed by atoms with E-state index in [1.807, 2.05) is 27.1 Å². The molecule has 5 heterocycles. The van der Waals surface area contributed by atoms with Gasteiger partial charge in [0.25, 0.3) is 0 Å². The molecule has 0 spiro atoms. The van der Waals surface area contributed by atoms with Crippen molar-refractivity contribution in [2.75, 3.05) is 31.1 Å². The van der Waals surface area contributed by atoms with Crippen molar-refractivity contribution in [2.24, 2.45) is 0 Å². The van der Waals surface area contributed by atoms with E-state index >= 15 is 0 Å². The van der Waals surface area contributed by atoms with Crippen molar-refractivity contribution in [3.8, 4) is 11.4 Å². The number of piperazine rings is 1. The summed E-state index contributed by atoms with van der Waals surface area (Å²) in [6, 6.07) is 4.01. The van der Waals surface area contributed by atoms with Crippen LogP contribution in [-0.4, -0.2) is 57.1 Å². The Morgan fingerprint density at radius 3 is 2.86 bits per heavy atom. The molecule has 148 valence electrons. The van der Waals surface area contributed by atoms with Crippen molar-refractivity contribution in [2.45, 2.75) is 12.8 Å². The fourth-order valence-corrected chi connectivity index (χ4v) is 4.80. The number of aromatic nitrogens is 4. The molecule has 4 aromatic heterocycles. The Labute approximate surface area is 174 Å². The van der Waals surface area contributed by atoms with Gasteiger partial charge in [-0.3, -0.25) is 4.79 Å². The van der Waals surface area contributed by atoms with E-state index in [1.165, 1.54) is 0 Å². The van der Waals surface area contributed by atoms with E-state index in [9.17, 15) is 4.79 Å². The van der Waals surface area contributed by atoms with Crippen LogP contribution in [0.3, 0.4) is 0 Å². The first-order chi connectivity index (χ1) is 14.3. The van der Waals surface area contributed by atoms with E-state index < -0.39 is 0 Å². The summed E-state index contributed by atoms with van der Waals surface area (Å²) in [5, 5.41) is 11.0. The predicted octanol–water partition coefficient (Wildman–Crippen LogP) is 3.08. The lowest BCUT2D eigenvalue weighted by Crippen LogP contribution is -2.49. The van der Waals surface area contributed by atoms with Crippen LogP contribution >= 0.6 is 22.7 Å². The Kier molecular flexibility index (Phi) is 4.94. The van der Waals surface area contributed by atoms with Gasteiger partial charge in [0, 0.05) is 50.0 Å². The third-order valence-corrected chi connectivity index (χ3v) is 6.48. The summed E-state index contributed by atoms with van der Waals surface area (Å²) in [5.41, 5.74) is 0.942. The molecular formula is C19H18N6O2S2. The first kappa shape index (κ1) is 18.2. The smallest absolute Gasteiger partial charge is 0.227 e. The second-order valence-electron chi connectivity index (χ2n) is 6.73. The fourth-order valence-electron chi connectivity index (χ4n) is 3.43. The molecule has 0 aromatic carbocycles. The van der Waals surface area contributed by atoms with E-state index in [0.29, 0.717) is 37.6 Å². The average molecular weight is 427 g/mol. The summed E-state index contributed by atoms with van der Waals surface area (Å²) in [7, 11) is 0. The lowest BCUT2D eigenvalue weighted by molar-refractivity contribution is -0.131. The summed E-state index contributed by atoms with van der Waals surface area (Å²) in [6.07, 6.45) is 2.44. The maximum Gasteiger partial charge on any atom is 0.227 e. The third-order valence-electron chi connectivity index (χ3n) is 4.97. The maximum atomic E-state index is 12.6. The Bertz CT molecular complexity index is 1110. The predicted molar refractivity (Wildman–Crippen MR) is 112 cm³/mol. The maximum absolute atomic E-state index is 12.6. The van der Waals surface area contributed by atoms with Gasteiger partial charge in [-0.25, -0.2) is 9.97 Å². The van der Waals surface area contributed by atoms with Gasteiger partial charge in [0.1, 0.15) is 17.0 Å². The third kappa shape index (κ3) is 3.73. The van der Waals surface area contributed by atoms with Gasteiger partial charge >= 0.3 is 0 Å². The van der Waals surface area contributed by atoms with E-state index in [0.717, 1.165) is 34.7 Å². The normalized spacial score (nSPS) is 14.6. The highest BCUT2D eigenvalue weighted by Crippen LogP contribution is 2.27. The van der Waals surface area contributed by atoms with Gasteiger partial charge in [0.2, 0.25) is 17.6 Å². The molecule has 0 N–H and O–H groups in total. The average Bonchev–Trinajstić information content (AvgIpc) is 3.52. The molecule has 10 heteroatoms. The number of anilines is 1. The zero-order chi connectivity index (χ0) is 19.6. The van der Waals surface area contributed by atoms with Gasteiger partial charge in [0.15, 0.2) is 0 Å². The van der Waals surface area contributed by atoms with E-state index in [-0.39, 0.29) is 5.91 Å². The van der Waals surface area contributed by atoms with Crippen LogP contribution in [0.15, 0.2) is 39.1 Å². The zero-order valence-electron chi connectivity index (χ0n) is 15.5. The lowest BCUT2D eigenvalue weighted by Gasteiger charge is -2.35. The first-order valence-corrected chi connectivity index (χ1v) is 11.2. The molecule has 0 atom stereocenters. The Balaban J connectivity index is 1.16. The number of aryl methyl sites for hydroxylation is 1. The number of hydrogen-bond donors (Lipinski definition) is 0. The van der Waals surface area contributed by atoms with Crippen LogP contribution in [0.1, 0.15) is 12.3 Å². The van der Waals surface area contributed by atoms with Crippen molar-refractivity contribution < 1.29 is 9.32 Å². The summed E-state index contributed by atoms with van der Waals surface area (Å²) in [5.74, 6) is 2.14. The van der Waals surface area contributed by atoms with Crippen LogP contribution in [-0.2, 0) is 11.2 Å². The van der Waals surface area contributed by atoms with Crippen molar-refractivity contribution in [1.29, 1.82) is 0 Å². The summed E-state index contributed by atoms with van der Waals surface area (Å²) < 4.78 is 5.29. The minimum absolute atomic E-state index is 0.114. The largest absolute Gasteiger partial charge is 0.352 e. The minimum atomic E-state index is 0.114. The van der Waals surface area contributed by atoms with Crippen molar-refractivity contribution in [1.82, 2.24) is 25.0 Å². The van der Waals surface area contributed by atoms with Gasteiger partial charge in [0.05, 0.1) is 5.39 Å². The minimum Gasteiger partial charge on any atom is -0.352 e. The zero-order valence-corrected chi connectivity index (χ0v) is 17.2. The van der Waals surface area contributed by atoms with Crippen LogP contribution in [0, 0.1) is 0 Å². The number of carbonyl (C=O) groups excluding carboxylic acids is 1. The summed E-state index contributed by atoms with van der Waals surface area (Å²) in [6.45, 7) is 2.88. The molecule has 1 aliphatic heterocycles. The number of carbonyl (C=O) groups is 1. The highest BCUT2D eigenvalue weighted by molar-refractivity contribution is 7.16. The van der Waals surface area contributed by atoms with Crippen LogP contribution in [0.4, 0.5) is 5.82 Å². The lowest BCUT2D eigenvalue weighted by atomic mass is 10.2. The molecule has 5 rings (SSSR count). The number of amides is 1. The van der Waals surface area contributed by atoms with E-state index in [1.54, 1.807) is 29.0 Å². The number of rotatable bonds is 5. The number of nitrogens with zero attached hydrogens (tertiary/aromatic N) is 6. The quantitative estimate of drug-likeness (QED) is 0.484. The standard InChI is InChI=1S/C19H18N6O2S2/c26-16(2-1-15-22-17(23-27-15)13-3-9-28-11-13)24-5-7-25(8-6-24)18-14-4-10-29-19(14)21-12-20-18/h3-4,9-12H,1-2,5-8H2. The monoisotopic (exact) mass is 426 g/mol. The van der Waals surface area contributed by atoms with Gasteiger partial charge in [-0.1, -0.05) is 5.16 Å². The van der Waals surface area contributed by atoms with Crippen molar-refractivity contribution >= 4 is 44.6 Å². The molecule has 8 nitrogen and oxygen atoms in total. The molecule has 0 bridgehead atoms. The Morgan fingerprint density at radius 1 is 1.14 bits per heavy atom. The topological polar surface area (TPSA) is 88.3 Å². The highest BCUT2D eigenvalue weighted by atomic mass is 32.1.